The molecule has 1 amide bonds. The van der Waals surface area contributed by atoms with Crippen molar-refractivity contribution in [1.29, 1.82) is 0 Å². The van der Waals surface area contributed by atoms with Crippen LogP contribution >= 0.6 is 24.0 Å². The lowest BCUT2D eigenvalue weighted by atomic mass is 9.97. The van der Waals surface area contributed by atoms with E-state index in [4.69, 9.17) is 0 Å². The molecule has 0 spiro atoms. The van der Waals surface area contributed by atoms with Crippen LogP contribution in [0.3, 0.4) is 0 Å². The minimum absolute atomic E-state index is 0. The molecule has 0 unspecified atom stereocenters. The number of allylic oxidation sites excluding steroid dienone is 1. The van der Waals surface area contributed by atoms with Crippen LogP contribution in [0.15, 0.2) is 40.9 Å². The number of halogens is 1. The molecule has 0 atom stereocenters. The van der Waals surface area contributed by atoms with E-state index in [-0.39, 0.29) is 29.9 Å². The first kappa shape index (κ1) is 23.5. The summed E-state index contributed by atoms with van der Waals surface area (Å²) < 4.78 is 0. The van der Waals surface area contributed by atoms with E-state index in [0.717, 1.165) is 31.0 Å². The van der Waals surface area contributed by atoms with E-state index >= 15 is 0 Å². The van der Waals surface area contributed by atoms with E-state index in [9.17, 15) is 4.79 Å². The number of carbonyl (C=O) groups excluding carboxylic acids is 1. The number of rotatable bonds is 7. The third kappa shape index (κ3) is 8.32. The molecular weight excluding hydrogens is 451 g/mol. The van der Waals surface area contributed by atoms with Crippen molar-refractivity contribution in [2.45, 2.75) is 45.6 Å². The highest BCUT2D eigenvalue weighted by atomic mass is 127. The summed E-state index contributed by atoms with van der Waals surface area (Å²) in [5, 5.41) is 6.71. The van der Waals surface area contributed by atoms with E-state index in [1.807, 2.05) is 24.3 Å². The number of hydrogen-bond donors (Lipinski definition) is 2. The van der Waals surface area contributed by atoms with Gasteiger partial charge in [0.15, 0.2) is 5.96 Å². The average molecular weight is 484 g/mol. The van der Waals surface area contributed by atoms with E-state index in [1.54, 1.807) is 24.6 Å². The quantitative estimate of drug-likeness (QED) is 0.267. The molecule has 2 rings (SSSR count). The van der Waals surface area contributed by atoms with Crippen molar-refractivity contribution in [2.24, 2.45) is 4.99 Å². The molecule has 0 saturated carbocycles. The second-order valence-corrected chi connectivity index (χ2v) is 6.88. The van der Waals surface area contributed by atoms with E-state index in [0.29, 0.717) is 12.1 Å². The first-order valence-electron chi connectivity index (χ1n) is 9.61. The Bertz CT molecular complexity index is 638. The lowest BCUT2D eigenvalue weighted by Gasteiger charge is -2.15. The van der Waals surface area contributed by atoms with Gasteiger partial charge < -0.3 is 15.5 Å². The minimum atomic E-state index is 0. The largest absolute Gasteiger partial charge is 0.357 e. The van der Waals surface area contributed by atoms with Gasteiger partial charge in [-0.3, -0.25) is 4.79 Å². The molecule has 5 nitrogen and oxygen atoms in total. The predicted molar refractivity (Wildman–Crippen MR) is 124 cm³/mol. The van der Waals surface area contributed by atoms with Crippen LogP contribution in [0.4, 0.5) is 0 Å². The van der Waals surface area contributed by atoms with Crippen molar-refractivity contribution < 1.29 is 4.79 Å². The maximum atomic E-state index is 11.9. The maximum Gasteiger partial charge on any atom is 0.253 e. The fourth-order valence-corrected chi connectivity index (χ4v) is 3.00. The Morgan fingerprint density at radius 1 is 1.15 bits per heavy atom. The number of carbonyl (C=O) groups is 1. The fourth-order valence-electron chi connectivity index (χ4n) is 3.00. The van der Waals surface area contributed by atoms with Gasteiger partial charge in [-0.1, -0.05) is 23.8 Å². The zero-order valence-electron chi connectivity index (χ0n) is 16.8. The van der Waals surface area contributed by atoms with Gasteiger partial charge >= 0.3 is 0 Å². The highest BCUT2D eigenvalue weighted by Crippen LogP contribution is 2.19. The topological polar surface area (TPSA) is 56.7 Å². The van der Waals surface area contributed by atoms with Gasteiger partial charge in [0.1, 0.15) is 0 Å². The van der Waals surface area contributed by atoms with Crippen molar-refractivity contribution in [3.05, 3.63) is 47.0 Å². The number of nitrogens with one attached hydrogen (secondary N) is 2. The molecule has 0 aromatic heterocycles. The van der Waals surface area contributed by atoms with Gasteiger partial charge in [0.25, 0.3) is 5.91 Å². The summed E-state index contributed by atoms with van der Waals surface area (Å²) in [5.41, 5.74) is 3.36. The molecule has 1 aromatic rings. The summed E-state index contributed by atoms with van der Waals surface area (Å²) in [7, 11) is 3.52. The molecule has 1 aliphatic rings. The normalized spacial score (nSPS) is 14.0. The van der Waals surface area contributed by atoms with Crippen molar-refractivity contribution in [3.8, 4) is 0 Å². The summed E-state index contributed by atoms with van der Waals surface area (Å²) >= 11 is 0. The Morgan fingerprint density at radius 2 is 1.89 bits per heavy atom. The van der Waals surface area contributed by atoms with Gasteiger partial charge in [0.2, 0.25) is 0 Å². The van der Waals surface area contributed by atoms with Gasteiger partial charge in [0.05, 0.1) is 6.54 Å². The fraction of sp³-hybridized carbons (Fsp3) is 0.524. The summed E-state index contributed by atoms with van der Waals surface area (Å²) in [5.74, 6) is 0.865. The molecule has 150 valence electrons. The Labute approximate surface area is 180 Å². The van der Waals surface area contributed by atoms with Gasteiger partial charge in [-0.2, -0.15) is 0 Å². The van der Waals surface area contributed by atoms with E-state index in [2.05, 4.69) is 28.6 Å². The van der Waals surface area contributed by atoms with Gasteiger partial charge in [0, 0.05) is 32.7 Å². The standard InChI is InChI=1S/C21H32N4O.HI/c1-4-22-21(23-15-14-17-8-6-5-7-9-17)24-16-18-10-12-19(13-11-18)20(26)25(2)3;/h8,10-13H,4-7,9,14-16H2,1-3H3,(H2,22,23,24);1H. The number of nitrogens with zero attached hydrogens (tertiary/aromatic N) is 2. The van der Waals surface area contributed by atoms with E-state index < -0.39 is 0 Å². The Kier molecular flexibility index (Phi) is 11.1. The lowest BCUT2D eigenvalue weighted by molar-refractivity contribution is 0.0827. The van der Waals surface area contributed by atoms with Crippen LogP contribution in [0, 0.1) is 0 Å². The summed E-state index contributed by atoms with van der Waals surface area (Å²) in [6.07, 6.45) is 8.62. The molecule has 0 fully saturated rings. The third-order valence-electron chi connectivity index (χ3n) is 4.49. The van der Waals surface area contributed by atoms with Crippen molar-refractivity contribution in [3.63, 3.8) is 0 Å². The number of benzene rings is 1. The van der Waals surface area contributed by atoms with Crippen LogP contribution < -0.4 is 10.6 Å². The van der Waals surface area contributed by atoms with Crippen LogP contribution in [0.1, 0.15) is 54.9 Å². The molecule has 0 aliphatic heterocycles. The molecule has 0 bridgehead atoms. The second kappa shape index (κ2) is 12.8. The van der Waals surface area contributed by atoms with Gasteiger partial charge in [-0.25, -0.2) is 4.99 Å². The predicted octanol–water partition coefficient (Wildman–Crippen LogP) is 3.95. The maximum absolute atomic E-state index is 11.9. The summed E-state index contributed by atoms with van der Waals surface area (Å²) in [6, 6.07) is 7.67. The summed E-state index contributed by atoms with van der Waals surface area (Å²) in [6.45, 7) is 4.41. The van der Waals surface area contributed by atoms with Crippen LogP contribution in [-0.4, -0.2) is 44.0 Å². The second-order valence-electron chi connectivity index (χ2n) is 6.88. The Hall–Kier alpha value is -1.57. The molecule has 1 aliphatic carbocycles. The van der Waals surface area contributed by atoms with Gasteiger partial charge in [-0.05, 0) is 56.7 Å². The van der Waals surface area contributed by atoms with Gasteiger partial charge in [-0.15, -0.1) is 24.0 Å². The molecule has 0 radical (unpaired) electrons. The van der Waals surface area contributed by atoms with Crippen LogP contribution in [0.25, 0.3) is 0 Å². The highest BCUT2D eigenvalue weighted by Gasteiger charge is 2.07. The highest BCUT2D eigenvalue weighted by molar-refractivity contribution is 14.0. The molecule has 0 saturated heterocycles. The monoisotopic (exact) mass is 484 g/mol. The minimum Gasteiger partial charge on any atom is -0.357 e. The molecule has 27 heavy (non-hydrogen) atoms. The molecule has 2 N–H and O–H groups in total. The molecule has 0 heterocycles. The van der Waals surface area contributed by atoms with Crippen molar-refractivity contribution in [1.82, 2.24) is 15.5 Å². The first-order chi connectivity index (χ1) is 12.6. The Balaban J connectivity index is 0.00000364. The van der Waals surface area contributed by atoms with E-state index in [1.165, 1.54) is 25.7 Å². The Morgan fingerprint density at radius 3 is 2.48 bits per heavy atom. The number of guanidine groups is 1. The van der Waals surface area contributed by atoms with Crippen LogP contribution in [0.5, 0.6) is 0 Å². The summed E-state index contributed by atoms with van der Waals surface area (Å²) in [4.78, 5) is 18.2. The van der Waals surface area contributed by atoms with Crippen LogP contribution in [0.2, 0.25) is 0 Å². The zero-order chi connectivity index (χ0) is 18.8. The zero-order valence-corrected chi connectivity index (χ0v) is 19.1. The SMILES string of the molecule is CCNC(=NCc1ccc(C(=O)N(C)C)cc1)NCCC1=CCCCC1.I. The smallest absolute Gasteiger partial charge is 0.253 e. The first-order valence-corrected chi connectivity index (χ1v) is 9.61. The average Bonchev–Trinajstić information content (AvgIpc) is 2.66. The third-order valence-corrected chi connectivity index (χ3v) is 4.49. The number of aliphatic imine (C=N–C) groups is 1. The van der Waals surface area contributed by atoms with Crippen molar-refractivity contribution in [2.75, 3.05) is 27.2 Å². The molecule has 1 aromatic carbocycles. The van der Waals surface area contributed by atoms with Crippen LogP contribution in [-0.2, 0) is 6.54 Å². The number of hydrogen-bond acceptors (Lipinski definition) is 2. The van der Waals surface area contributed by atoms with Crippen molar-refractivity contribution >= 4 is 35.8 Å². The molecule has 6 heteroatoms. The molecular formula is C21H33IN4O. The lowest BCUT2D eigenvalue weighted by Crippen LogP contribution is -2.37. The number of amides is 1.